The van der Waals surface area contributed by atoms with E-state index in [0.717, 1.165) is 51.7 Å². The van der Waals surface area contributed by atoms with Crippen molar-refractivity contribution >= 4 is 5.91 Å². The zero-order valence-corrected chi connectivity index (χ0v) is 12.5. The molecular formula is C15H30N2O2. The van der Waals surface area contributed by atoms with E-state index in [2.05, 4.69) is 19.2 Å². The zero-order chi connectivity index (χ0) is 14.1. The Kier molecular flexibility index (Phi) is 8.07. The molecule has 1 rings (SSSR count). The molecule has 112 valence electrons. The van der Waals surface area contributed by atoms with E-state index in [1.54, 1.807) is 0 Å². The van der Waals surface area contributed by atoms with Gasteiger partial charge in [-0.25, -0.2) is 0 Å². The molecule has 0 bridgehead atoms. The Morgan fingerprint density at radius 2 is 2.05 bits per heavy atom. The number of nitrogens with two attached hydrogens (primary N) is 1. The van der Waals surface area contributed by atoms with Crippen molar-refractivity contribution in [3.63, 3.8) is 0 Å². The molecule has 19 heavy (non-hydrogen) atoms. The first-order chi connectivity index (χ1) is 9.15. The minimum atomic E-state index is 0.00441. The van der Waals surface area contributed by atoms with Gasteiger partial charge in [0, 0.05) is 25.8 Å². The van der Waals surface area contributed by atoms with Crippen LogP contribution < -0.4 is 11.1 Å². The Morgan fingerprint density at radius 3 is 2.79 bits per heavy atom. The van der Waals surface area contributed by atoms with E-state index in [-0.39, 0.29) is 17.9 Å². The molecule has 1 saturated carbocycles. The van der Waals surface area contributed by atoms with Crippen molar-refractivity contribution in [3.05, 3.63) is 0 Å². The first-order valence-electron chi connectivity index (χ1n) is 7.76. The van der Waals surface area contributed by atoms with E-state index in [4.69, 9.17) is 10.5 Å². The molecule has 0 radical (unpaired) electrons. The summed E-state index contributed by atoms with van der Waals surface area (Å²) in [6, 6.07) is 0.0389. The maximum Gasteiger partial charge on any atom is 0.224 e. The van der Waals surface area contributed by atoms with Crippen molar-refractivity contribution in [1.29, 1.82) is 0 Å². The van der Waals surface area contributed by atoms with Gasteiger partial charge in [-0.05, 0) is 38.0 Å². The van der Waals surface area contributed by atoms with Crippen LogP contribution in [0.3, 0.4) is 0 Å². The normalized spacial score (nSPS) is 27.2. The zero-order valence-electron chi connectivity index (χ0n) is 12.5. The molecule has 0 aliphatic heterocycles. The Bertz CT molecular complexity index is 259. The average Bonchev–Trinajstić information content (AvgIpc) is 2.40. The van der Waals surface area contributed by atoms with Gasteiger partial charge in [0.05, 0.1) is 5.92 Å². The van der Waals surface area contributed by atoms with Crippen LogP contribution in [0.4, 0.5) is 0 Å². The molecule has 0 aromatic rings. The minimum Gasteiger partial charge on any atom is -0.381 e. The number of ether oxygens (including phenoxy) is 1. The average molecular weight is 270 g/mol. The van der Waals surface area contributed by atoms with Gasteiger partial charge < -0.3 is 15.8 Å². The van der Waals surface area contributed by atoms with Crippen LogP contribution in [0.15, 0.2) is 0 Å². The van der Waals surface area contributed by atoms with Gasteiger partial charge in [0.25, 0.3) is 0 Å². The van der Waals surface area contributed by atoms with Gasteiger partial charge in [0.1, 0.15) is 0 Å². The monoisotopic (exact) mass is 270 g/mol. The molecule has 0 saturated heterocycles. The lowest BCUT2D eigenvalue weighted by molar-refractivity contribution is -0.127. The Hall–Kier alpha value is -0.610. The second kappa shape index (κ2) is 9.32. The van der Waals surface area contributed by atoms with Gasteiger partial charge in [-0.2, -0.15) is 0 Å². The second-order valence-corrected chi connectivity index (χ2v) is 5.80. The van der Waals surface area contributed by atoms with Crippen molar-refractivity contribution in [2.75, 3.05) is 19.8 Å². The third-order valence-corrected chi connectivity index (χ3v) is 3.91. The highest BCUT2D eigenvalue weighted by Crippen LogP contribution is 2.27. The third kappa shape index (κ3) is 6.39. The Morgan fingerprint density at radius 1 is 1.32 bits per heavy atom. The summed E-state index contributed by atoms with van der Waals surface area (Å²) in [5.41, 5.74) is 6.04. The number of unbranched alkanes of at least 4 members (excludes halogenated alkanes) is 1. The van der Waals surface area contributed by atoms with Crippen LogP contribution >= 0.6 is 0 Å². The van der Waals surface area contributed by atoms with Crippen LogP contribution in [0.5, 0.6) is 0 Å². The summed E-state index contributed by atoms with van der Waals surface area (Å²) in [6.45, 7) is 6.61. The lowest BCUT2D eigenvalue weighted by atomic mass is 9.79. The summed E-state index contributed by atoms with van der Waals surface area (Å²) >= 11 is 0. The lowest BCUT2D eigenvalue weighted by Gasteiger charge is -2.31. The molecule has 1 amide bonds. The van der Waals surface area contributed by atoms with Gasteiger partial charge in [0.15, 0.2) is 0 Å². The highest BCUT2D eigenvalue weighted by molar-refractivity contribution is 5.79. The summed E-state index contributed by atoms with van der Waals surface area (Å²) in [7, 11) is 0. The quantitative estimate of drug-likeness (QED) is 0.664. The maximum absolute atomic E-state index is 12.1. The number of carbonyl (C=O) groups is 1. The molecule has 1 fully saturated rings. The van der Waals surface area contributed by atoms with Gasteiger partial charge in [-0.15, -0.1) is 0 Å². The highest BCUT2D eigenvalue weighted by Gasteiger charge is 2.31. The van der Waals surface area contributed by atoms with E-state index in [1.165, 1.54) is 0 Å². The molecule has 1 aliphatic rings. The van der Waals surface area contributed by atoms with E-state index >= 15 is 0 Å². The van der Waals surface area contributed by atoms with Crippen LogP contribution in [0.1, 0.15) is 52.4 Å². The molecule has 0 aromatic heterocycles. The maximum atomic E-state index is 12.1. The molecular weight excluding hydrogens is 240 g/mol. The van der Waals surface area contributed by atoms with Crippen LogP contribution in [0.2, 0.25) is 0 Å². The topological polar surface area (TPSA) is 64.3 Å². The molecule has 3 N–H and O–H groups in total. The predicted octanol–water partition coefficient (Wildman–Crippen LogP) is 2.07. The first kappa shape index (κ1) is 16.4. The van der Waals surface area contributed by atoms with Crippen molar-refractivity contribution in [2.24, 2.45) is 17.6 Å². The van der Waals surface area contributed by atoms with Crippen LogP contribution in [-0.2, 0) is 9.53 Å². The molecule has 4 nitrogen and oxygen atoms in total. The summed E-state index contributed by atoms with van der Waals surface area (Å²) in [6.07, 6.45) is 6.21. The largest absolute Gasteiger partial charge is 0.381 e. The summed E-state index contributed by atoms with van der Waals surface area (Å²) in [5.74, 6) is 0.755. The van der Waals surface area contributed by atoms with Gasteiger partial charge in [-0.1, -0.05) is 20.3 Å². The van der Waals surface area contributed by atoms with Gasteiger partial charge in [0.2, 0.25) is 5.91 Å². The molecule has 0 spiro atoms. The lowest BCUT2D eigenvalue weighted by Crippen LogP contribution is -2.45. The van der Waals surface area contributed by atoms with Crippen LogP contribution in [-0.4, -0.2) is 31.7 Å². The smallest absolute Gasteiger partial charge is 0.224 e. The van der Waals surface area contributed by atoms with E-state index in [0.29, 0.717) is 12.5 Å². The number of carbonyl (C=O) groups excluding carboxylic acids is 1. The second-order valence-electron chi connectivity index (χ2n) is 5.80. The Balaban J connectivity index is 2.09. The molecule has 3 unspecified atom stereocenters. The van der Waals surface area contributed by atoms with E-state index < -0.39 is 0 Å². The summed E-state index contributed by atoms with van der Waals surface area (Å²) < 4.78 is 5.46. The SMILES string of the molecule is CCCCOCCCNC(=O)C1CC(C)CCC1N. The molecule has 0 heterocycles. The predicted molar refractivity (Wildman–Crippen MR) is 77.8 cm³/mol. The third-order valence-electron chi connectivity index (χ3n) is 3.91. The number of amides is 1. The standard InChI is InChI=1S/C15H30N2O2/c1-3-4-9-19-10-5-8-17-15(18)13-11-12(2)6-7-14(13)16/h12-14H,3-11,16H2,1-2H3,(H,17,18). The fourth-order valence-electron chi connectivity index (χ4n) is 2.57. The highest BCUT2D eigenvalue weighted by atomic mass is 16.5. The van der Waals surface area contributed by atoms with E-state index in [1.807, 2.05) is 0 Å². The number of nitrogens with one attached hydrogen (secondary N) is 1. The number of rotatable bonds is 8. The fourth-order valence-corrected chi connectivity index (χ4v) is 2.57. The van der Waals surface area contributed by atoms with Gasteiger partial charge >= 0.3 is 0 Å². The van der Waals surface area contributed by atoms with Crippen LogP contribution in [0.25, 0.3) is 0 Å². The number of hydrogen-bond acceptors (Lipinski definition) is 3. The summed E-state index contributed by atoms with van der Waals surface area (Å²) in [4.78, 5) is 12.1. The molecule has 0 aromatic carbocycles. The molecule has 3 atom stereocenters. The molecule has 4 heteroatoms. The summed E-state index contributed by atoms with van der Waals surface area (Å²) in [5, 5.41) is 3.00. The van der Waals surface area contributed by atoms with Crippen molar-refractivity contribution in [3.8, 4) is 0 Å². The van der Waals surface area contributed by atoms with Gasteiger partial charge in [-0.3, -0.25) is 4.79 Å². The van der Waals surface area contributed by atoms with Crippen molar-refractivity contribution < 1.29 is 9.53 Å². The number of hydrogen-bond donors (Lipinski definition) is 2. The fraction of sp³-hybridized carbons (Fsp3) is 0.933. The first-order valence-corrected chi connectivity index (χ1v) is 7.76. The van der Waals surface area contributed by atoms with E-state index in [9.17, 15) is 4.79 Å². The minimum absolute atomic E-state index is 0.00441. The Labute approximate surface area is 117 Å². The molecule has 1 aliphatic carbocycles. The van der Waals surface area contributed by atoms with Crippen LogP contribution in [0, 0.1) is 11.8 Å². The van der Waals surface area contributed by atoms with Crippen molar-refractivity contribution in [2.45, 2.75) is 58.4 Å². The van der Waals surface area contributed by atoms with Crippen molar-refractivity contribution in [1.82, 2.24) is 5.32 Å².